The fraction of sp³-hybridized carbons (Fsp3) is 0.444. The van der Waals surface area contributed by atoms with Crippen molar-refractivity contribution in [2.75, 3.05) is 0 Å². The lowest BCUT2D eigenvalue weighted by molar-refractivity contribution is -0.111. The maximum Gasteiger partial charge on any atom is 0.203 e. The van der Waals surface area contributed by atoms with E-state index in [-0.39, 0.29) is 17.8 Å². The van der Waals surface area contributed by atoms with Crippen LogP contribution in [0, 0.1) is 17.8 Å². The van der Waals surface area contributed by atoms with Crippen LogP contribution in [0.25, 0.3) is 0 Å². The van der Waals surface area contributed by atoms with Crippen molar-refractivity contribution in [1.29, 1.82) is 0 Å². The van der Waals surface area contributed by atoms with Crippen LogP contribution in [-0.2, 0) is 19.4 Å². The van der Waals surface area contributed by atoms with Gasteiger partial charge in [0.2, 0.25) is 9.84 Å². The lowest BCUT2D eigenvalue weighted by Crippen LogP contribution is -2.21. The predicted molar refractivity (Wildman–Crippen MR) is 86.3 cm³/mol. The van der Waals surface area contributed by atoms with Gasteiger partial charge in [0.15, 0.2) is 0 Å². The molecule has 0 N–H and O–H groups in total. The van der Waals surface area contributed by atoms with Crippen LogP contribution in [0.1, 0.15) is 32.1 Å². The molecule has 5 heteroatoms. The average molecular weight is 332 g/mol. The second-order valence-corrected chi connectivity index (χ2v) is 8.26. The van der Waals surface area contributed by atoms with Gasteiger partial charge in [-0.15, -0.1) is 0 Å². The number of benzene rings is 1. The first-order chi connectivity index (χ1) is 11.1. The van der Waals surface area contributed by atoms with Gasteiger partial charge in [0, 0.05) is 18.3 Å². The number of fused-ring (bicyclic) bond motifs is 2. The molecule has 4 nitrogen and oxygen atoms in total. The van der Waals surface area contributed by atoms with E-state index in [2.05, 4.69) is 0 Å². The largest absolute Gasteiger partial charge is 0.303 e. The molecule has 0 amide bonds. The lowest BCUT2D eigenvalue weighted by Gasteiger charge is -2.24. The van der Waals surface area contributed by atoms with Crippen molar-refractivity contribution in [3.63, 3.8) is 0 Å². The summed E-state index contributed by atoms with van der Waals surface area (Å²) in [6.45, 7) is 0. The van der Waals surface area contributed by atoms with Gasteiger partial charge in [0.1, 0.15) is 12.6 Å². The van der Waals surface area contributed by atoms with Crippen molar-refractivity contribution in [3.8, 4) is 0 Å². The zero-order chi connectivity index (χ0) is 16.4. The second kappa shape index (κ2) is 6.40. The zero-order valence-corrected chi connectivity index (χ0v) is 13.7. The Hall–Kier alpha value is -1.75. The summed E-state index contributed by atoms with van der Waals surface area (Å²) in [5.74, 6) is -0.201. The Morgan fingerprint density at radius 2 is 1.83 bits per heavy atom. The van der Waals surface area contributed by atoms with E-state index in [9.17, 15) is 18.0 Å². The average Bonchev–Trinajstić information content (AvgIpc) is 3.14. The van der Waals surface area contributed by atoms with Crippen molar-refractivity contribution in [3.05, 3.63) is 40.8 Å². The van der Waals surface area contributed by atoms with Crippen molar-refractivity contribution >= 4 is 22.4 Å². The fourth-order valence-corrected chi connectivity index (χ4v) is 6.10. The summed E-state index contributed by atoms with van der Waals surface area (Å²) in [5.41, 5.74) is 0.957. The van der Waals surface area contributed by atoms with E-state index in [1.54, 1.807) is 30.3 Å². The van der Waals surface area contributed by atoms with E-state index in [0.717, 1.165) is 31.0 Å². The molecule has 3 atom stereocenters. The van der Waals surface area contributed by atoms with E-state index >= 15 is 0 Å². The monoisotopic (exact) mass is 332 g/mol. The maximum absolute atomic E-state index is 13.1. The number of carbonyl (C=O) groups is 2. The maximum atomic E-state index is 13.1. The minimum Gasteiger partial charge on any atom is -0.303 e. The van der Waals surface area contributed by atoms with Crippen LogP contribution in [0.3, 0.4) is 0 Å². The Balaban J connectivity index is 2.03. The molecule has 0 unspecified atom stereocenters. The van der Waals surface area contributed by atoms with Crippen LogP contribution in [0.15, 0.2) is 45.7 Å². The van der Waals surface area contributed by atoms with Crippen LogP contribution >= 0.6 is 0 Å². The van der Waals surface area contributed by atoms with Crippen molar-refractivity contribution < 1.29 is 18.0 Å². The molecule has 2 aliphatic rings. The number of carbonyl (C=O) groups excluding carboxylic acids is 2. The molecule has 23 heavy (non-hydrogen) atoms. The third-order valence-corrected chi connectivity index (χ3v) is 7.08. The number of hydrogen-bond acceptors (Lipinski definition) is 4. The highest BCUT2D eigenvalue weighted by Crippen LogP contribution is 2.55. The molecule has 0 saturated heterocycles. The summed E-state index contributed by atoms with van der Waals surface area (Å²) in [6.07, 6.45) is 5.02. The normalized spacial score (nSPS) is 26.5. The fourth-order valence-electron chi connectivity index (χ4n) is 4.05. The molecule has 122 valence electrons. The van der Waals surface area contributed by atoms with Gasteiger partial charge in [-0.3, -0.25) is 0 Å². The van der Waals surface area contributed by atoms with Gasteiger partial charge >= 0.3 is 0 Å². The summed E-state index contributed by atoms with van der Waals surface area (Å²) in [7, 11) is -3.57. The highest BCUT2D eigenvalue weighted by molar-refractivity contribution is 7.95. The van der Waals surface area contributed by atoms with E-state index < -0.39 is 9.84 Å². The van der Waals surface area contributed by atoms with Crippen molar-refractivity contribution in [2.24, 2.45) is 17.8 Å². The van der Waals surface area contributed by atoms with Crippen LogP contribution in [-0.4, -0.2) is 21.0 Å². The lowest BCUT2D eigenvalue weighted by atomic mass is 9.88. The van der Waals surface area contributed by atoms with Gasteiger partial charge in [-0.1, -0.05) is 23.8 Å². The Morgan fingerprint density at radius 1 is 1.09 bits per heavy atom. The summed E-state index contributed by atoms with van der Waals surface area (Å²) in [4.78, 5) is 22.6. The van der Waals surface area contributed by atoms with Gasteiger partial charge in [0.25, 0.3) is 0 Å². The molecule has 3 rings (SSSR count). The van der Waals surface area contributed by atoms with Gasteiger partial charge in [-0.05, 0) is 43.7 Å². The van der Waals surface area contributed by atoms with Crippen LogP contribution in [0.2, 0.25) is 0 Å². The number of hydrogen-bond donors (Lipinski definition) is 0. The van der Waals surface area contributed by atoms with E-state index in [1.807, 2.05) is 0 Å². The van der Waals surface area contributed by atoms with Crippen LogP contribution in [0.4, 0.5) is 0 Å². The molecule has 2 bridgehead atoms. The van der Waals surface area contributed by atoms with E-state index in [4.69, 9.17) is 0 Å². The summed E-state index contributed by atoms with van der Waals surface area (Å²) in [5, 5.41) is 0. The Morgan fingerprint density at radius 3 is 2.48 bits per heavy atom. The third kappa shape index (κ3) is 2.78. The number of allylic oxidation sites excluding steroid dienone is 2. The number of rotatable bonds is 7. The highest BCUT2D eigenvalue weighted by atomic mass is 32.2. The molecule has 0 aliphatic heterocycles. The minimum atomic E-state index is -3.57. The Labute approximate surface area is 136 Å². The van der Waals surface area contributed by atoms with Gasteiger partial charge in [-0.2, -0.15) is 0 Å². The minimum absolute atomic E-state index is 0.176. The molecule has 2 aliphatic carbocycles. The summed E-state index contributed by atoms with van der Waals surface area (Å²) >= 11 is 0. The standard InChI is InChI=1S/C18H20O4S/c19-9-5-4-8-16-13-10-14(12-20)17(11-13)18(16)23(21,22)15-6-2-1-3-7-15/h1-3,6-7,9,12-14,17H,4-5,8,10-11H2/t13-,14+,17-/m0/s1. The predicted octanol–water partition coefficient (Wildman–Crippen LogP) is 2.94. The molecular formula is C18H20O4S. The Bertz CT molecular complexity index is 734. The topological polar surface area (TPSA) is 68.3 Å². The SMILES string of the molecule is O=CCCCC1=C(S(=O)(=O)c2ccccc2)[C@H]2C[C@@H]1C[C@@H]2C=O. The first-order valence-electron chi connectivity index (χ1n) is 8.01. The molecule has 0 heterocycles. The number of aldehydes is 2. The van der Waals surface area contributed by atoms with Crippen molar-refractivity contribution in [1.82, 2.24) is 0 Å². The smallest absolute Gasteiger partial charge is 0.203 e. The van der Waals surface area contributed by atoms with Crippen molar-refractivity contribution in [2.45, 2.75) is 37.0 Å². The van der Waals surface area contributed by atoms with Gasteiger partial charge in [-0.25, -0.2) is 8.42 Å². The van der Waals surface area contributed by atoms with Crippen LogP contribution in [0.5, 0.6) is 0 Å². The molecule has 1 fully saturated rings. The number of unbranched alkanes of at least 4 members (excludes halogenated alkanes) is 1. The first-order valence-corrected chi connectivity index (χ1v) is 9.50. The third-order valence-electron chi connectivity index (χ3n) is 5.04. The number of sulfone groups is 1. The molecule has 0 aromatic heterocycles. The van der Waals surface area contributed by atoms with Gasteiger partial charge < -0.3 is 9.59 Å². The molecule has 0 radical (unpaired) electrons. The molecular weight excluding hydrogens is 312 g/mol. The second-order valence-electron chi connectivity index (χ2n) is 6.34. The van der Waals surface area contributed by atoms with Gasteiger partial charge in [0.05, 0.1) is 9.80 Å². The van der Waals surface area contributed by atoms with Crippen LogP contribution < -0.4 is 0 Å². The molecule has 1 saturated carbocycles. The summed E-state index contributed by atoms with van der Waals surface area (Å²) < 4.78 is 26.2. The quantitative estimate of drug-likeness (QED) is 0.569. The van der Waals surface area contributed by atoms with E-state index in [0.29, 0.717) is 29.1 Å². The molecule has 1 aromatic rings. The highest BCUT2D eigenvalue weighted by Gasteiger charge is 2.49. The Kier molecular flexibility index (Phi) is 4.48. The van der Waals surface area contributed by atoms with E-state index in [1.165, 1.54) is 0 Å². The molecule has 1 aromatic carbocycles. The first kappa shape index (κ1) is 16.1. The zero-order valence-electron chi connectivity index (χ0n) is 12.9. The summed E-state index contributed by atoms with van der Waals surface area (Å²) in [6, 6.07) is 8.42. The molecule has 0 spiro atoms.